The maximum Gasteiger partial charge on any atom is 0.434 e. The highest BCUT2D eigenvalue weighted by atomic mass is 16.7. The van der Waals surface area contributed by atoms with Crippen LogP contribution in [0.15, 0.2) is 54.6 Å². The number of methoxy groups -OCH3 is 1. The molecular formula is C34H51N3O8. The van der Waals surface area contributed by atoms with Crippen LogP contribution < -0.4 is 10.8 Å². The van der Waals surface area contributed by atoms with Gasteiger partial charge in [0.2, 0.25) is 0 Å². The molecule has 0 saturated carbocycles. The topological polar surface area (TPSA) is 117 Å². The number of amides is 2. The Balaban J connectivity index is 1.35. The van der Waals surface area contributed by atoms with Crippen molar-refractivity contribution in [3.8, 4) is 0 Å². The number of hydrogen-bond acceptors (Lipinski definition) is 9. The van der Waals surface area contributed by atoms with Gasteiger partial charge >= 0.3 is 6.09 Å². The predicted octanol–water partition coefficient (Wildman–Crippen LogP) is 3.34. The fourth-order valence-electron chi connectivity index (χ4n) is 5.07. The first-order chi connectivity index (χ1) is 22.1. The molecule has 11 heteroatoms. The zero-order chi connectivity index (χ0) is 32.0. The fraction of sp³-hybridized carbons (Fsp3) is 0.588. The average molecular weight is 630 g/mol. The lowest BCUT2D eigenvalue weighted by atomic mass is 10.0. The normalized spacial score (nSPS) is 15.5. The minimum absolute atomic E-state index is 0.111. The van der Waals surface area contributed by atoms with Crippen molar-refractivity contribution in [2.75, 3.05) is 79.6 Å². The van der Waals surface area contributed by atoms with Crippen molar-refractivity contribution < 1.29 is 38.1 Å². The van der Waals surface area contributed by atoms with E-state index in [0.29, 0.717) is 65.9 Å². The van der Waals surface area contributed by atoms with Crippen LogP contribution in [0.5, 0.6) is 0 Å². The highest BCUT2D eigenvalue weighted by Crippen LogP contribution is 2.14. The summed E-state index contributed by atoms with van der Waals surface area (Å²) < 4.78 is 27.7. The number of carbonyl (C=O) groups excluding carboxylic acids is 2. The number of piperazine rings is 1. The minimum Gasteiger partial charge on any atom is -0.382 e. The van der Waals surface area contributed by atoms with Crippen molar-refractivity contribution in [1.29, 1.82) is 0 Å². The molecule has 45 heavy (non-hydrogen) atoms. The molecule has 1 fully saturated rings. The van der Waals surface area contributed by atoms with Crippen LogP contribution in [-0.2, 0) is 52.6 Å². The largest absolute Gasteiger partial charge is 0.434 e. The van der Waals surface area contributed by atoms with Gasteiger partial charge in [0, 0.05) is 33.4 Å². The van der Waals surface area contributed by atoms with Crippen LogP contribution in [0.1, 0.15) is 36.5 Å². The maximum absolute atomic E-state index is 13.0. The molecule has 250 valence electrons. The molecule has 1 heterocycles. The molecule has 0 spiro atoms. The third kappa shape index (κ3) is 14.7. The number of nitrogens with one attached hydrogen (secondary N) is 2. The lowest BCUT2D eigenvalue weighted by Crippen LogP contribution is -2.60. The van der Waals surface area contributed by atoms with Crippen molar-refractivity contribution in [3.05, 3.63) is 71.3 Å². The zero-order valence-electron chi connectivity index (χ0n) is 26.9. The highest BCUT2D eigenvalue weighted by Gasteiger charge is 2.35. The van der Waals surface area contributed by atoms with Crippen molar-refractivity contribution in [1.82, 2.24) is 15.7 Å². The number of ether oxygens (including phenoxy) is 5. The second-order valence-electron chi connectivity index (χ2n) is 10.8. The zero-order valence-corrected chi connectivity index (χ0v) is 26.9. The number of carbonyl (C=O) groups is 2. The molecule has 11 nitrogen and oxygen atoms in total. The van der Waals surface area contributed by atoms with Gasteiger partial charge in [-0.05, 0) is 49.3 Å². The molecule has 2 atom stereocenters. The standard InChI is InChI=1S/C34H51N3O8/c1-3-41-19-20-42-21-22-43-23-24-44-32(27-40-2)31-26-35-17-18-37(31)34(39)45-36-33(38)25-30-15-13-29(14-16-30)12-8-7-11-28-9-5-4-6-10-28/h4-6,9-10,13-16,31-32,35H,3,7-8,11-12,17-27H2,1-2H3,(H,36,38). The van der Waals surface area contributed by atoms with Gasteiger partial charge < -0.3 is 33.8 Å². The van der Waals surface area contributed by atoms with Crippen LogP contribution in [0.25, 0.3) is 0 Å². The van der Waals surface area contributed by atoms with Crippen molar-refractivity contribution in [3.63, 3.8) is 0 Å². The van der Waals surface area contributed by atoms with Gasteiger partial charge in [0.1, 0.15) is 6.10 Å². The van der Waals surface area contributed by atoms with Crippen LogP contribution in [0.4, 0.5) is 4.79 Å². The van der Waals surface area contributed by atoms with Crippen LogP contribution in [0.3, 0.4) is 0 Å². The van der Waals surface area contributed by atoms with Crippen LogP contribution in [0, 0.1) is 0 Å². The molecule has 0 bridgehead atoms. The number of rotatable bonds is 21. The molecule has 2 unspecified atom stereocenters. The van der Waals surface area contributed by atoms with Gasteiger partial charge in [0.25, 0.3) is 5.91 Å². The smallest absolute Gasteiger partial charge is 0.382 e. The first-order valence-corrected chi connectivity index (χ1v) is 16.0. The third-order valence-electron chi connectivity index (χ3n) is 7.45. The van der Waals surface area contributed by atoms with Gasteiger partial charge in [-0.1, -0.05) is 54.6 Å². The summed E-state index contributed by atoms with van der Waals surface area (Å²) >= 11 is 0. The number of unbranched alkanes of at least 4 members (excludes halogenated alkanes) is 1. The van der Waals surface area contributed by atoms with Crippen molar-refractivity contribution >= 4 is 12.0 Å². The Hall–Kier alpha value is -3.06. The van der Waals surface area contributed by atoms with E-state index in [1.54, 1.807) is 12.0 Å². The average Bonchev–Trinajstić information content (AvgIpc) is 3.07. The summed E-state index contributed by atoms with van der Waals surface area (Å²) in [6.45, 7) is 7.16. The van der Waals surface area contributed by atoms with Crippen molar-refractivity contribution in [2.45, 2.75) is 51.2 Å². The lowest BCUT2D eigenvalue weighted by Gasteiger charge is -2.39. The second kappa shape index (κ2) is 22.4. The van der Waals surface area contributed by atoms with E-state index in [0.717, 1.165) is 31.2 Å². The Bertz CT molecular complexity index is 1070. The summed E-state index contributed by atoms with van der Waals surface area (Å²) in [6, 6.07) is 18.2. The van der Waals surface area contributed by atoms with E-state index >= 15 is 0 Å². The van der Waals surface area contributed by atoms with Gasteiger partial charge in [-0.2, -0.15) is 5.48 Å². The highest BCUT2D eigenvalue weighted by molar-refractivity contribution is 5.79. The molecule has 2 amide bonds. The molecule has 2 N–H and O–H groups in total. The van der Waals surface area contributed by atoms with Crippen LogP contribution in [-0.4, -0.2) is 109 Å². The SMILES string of the molecule is CCOCCOCCOCCOC(COC)C1CNCCN1C(=O)ONC(=O)Cc1ccc(CCCCc2ccccc2)cc1. The van der Waals surface area contributed by atoms with E-state index in [1.807, 2.05) is 25.1 Å². The van der Waals surface area contributed by atoms with E-state index in [-0.39, 0.29) is 19.1 Å². The fourth-order valence-corrected chi connectivity index (χ4v) is 5.07. The summed E-state index contributed by atoms with van der Waals surface area (Å²) in [4.78, 5) is 32.4. The molecule has 1 saturated heterocycles. The number of hydroxylamine groups is 1. The summed E-state index contributed by atoms with van der Waals surface area (Å²) in [5.74, 6) is -0.394. The number of nitrogens with zero attached hydrogens (tertiary/aromatic N) is 1. The number of hydrogen-bond donors (Lipinski definition) is 2. The molecule has 1 aliphatic heterocycles. The maximum atomic E-state index is 13.0. The van der Waals surface area contributed by atoms with Gasteiger partial charge in [0.15, 0.2) is 0 Å². The molecular weight excluding hydrogens is 578 g/mol. The second-order valence-corrected chi connectivity index (χ2v) is 10.8. The number of benzene rings is 2. The predicted molar refractivity (Wildman–Crippen MR) is 171 cm³/mol. The Morgan fingerprint density at radius 3 is 2.16 bits per heavy atom. The Morgan fingerprint density at radius 1 is 0.867 bits per heavy atom. The van der Waals surface area contributed by atoms with E-state index in [2.05, 4.69) is 47.2 Å². The molecule has 2 aromatic rings. The molecule has 0 radical (unpaired) electrons. The molecule has 0 aromatic heterocycles. The van der Waals surface area contributed by atoms with Gasteiger partial charge in [0.05, 0.1) is 58.7 Å². The Kier molecular flexibility index (Phi) is 18.2. The summed E-state index contributed by atoms with van der Waals surface area (Å²) in [7, 11) is 1.59. The van der Waals surface area contributed by atoms with Crippen LogP contribution >= 0.6 is 0 Å². The molecule has 1 aliphatic rings. The molecule has 3 rings (SSSR count). The summed E-state index contributed by atoms with van der Waals surface area (Å²) in [6.07, 6.45) is 3.38. The lowest BCUT2D eigenvalue weighted by molar-refractivity contribution is -0.130. The summed E-state index contributed by atoms with van der Waals surface area (Å²) in [5.41, 5.74) is 5.77. The third-order valence-corrected chi connectivity index (χ3v) is 7.45. The Morgan fingerprint density at radius 2 is 1.49 bits per heavy atom. The summed E-state index contributed by atoms with van der Waals surface area (Å²) in [5, 5.41) is 3.29. The first-order valence-electron chi connectivity index (χ1n) is 16.0. The van der Waals surface area contributed by atoms with Crippen LogP contribution in [0.2, 0.25) is 0 Å². The van der Waals surface area contributed by atoms with E-state index in [9.17, 15) is 9.59 Å². The van der Waals surface area contributed by atoms with Gasteiger partial charge in [-0.15, -0.1) is 0 Å². The first kappa shape index (κ1) is 36.4. The van der Waals surface area contributed by atoms with Gasteiger partial charge in [-0.25, -0.2) is 4.79 Å². The molecule has 0 aliphatic carbocycles. The van der Waals surface area contributed by atoms with Crippen molar-refractivity contribution in [2.24, 2.45) is 0 Å². The van der Waals surface area contributed by atoms with E-state index in [4.69, 9.17) is 28.5 Å². The minimum atomic E-state index is -0.633. The van der Waals surface area contributed by atoms with E-state index < -0.39 is 18.1 Å². The Labute approximate surface area is 267 Å². The number of aryl methyl sites for hydroxylation is 2. The molecule has 2 aromatic carbocycles. The van der Waals surface area contributed by atoms with Gasteiger partial charge in [-0.3, -0.25) is 9.69 Å². The quantitative estimate of drug-likeness (QED) is 0.158. The monoisotopic (exact) mass is 629 g/mol. The van der Waals surface area contributed by atoms with E-state index in [1.165, 1.54) is 11.1 Å².